The first-order valence-electron chi connectivity index (χ1n) is 10.00. The van der Waals surface area contributed by atoms with Crippen molar-refractivity contribution in [2.45, 2.75) is 19.0 Å². The Kier molecular flexibility index (Phi) is 8.55. The highest BCUT2D eigenvalue weighted by Crippen LogP contribution is 2.33. The minimum Gasteiger partial charge on any atom is -0.354 e. The van der Waals surface area contributed by atoms with Crippen molar-refractivity contribution in [1.29, 1.82) is 0 Å². The van der Waals surface area contributed by atoms with Gasteiger partial charge in [0.25, 0.3) is 0 Å². The molecule has 0 atom stereocenters. The van der Waals surface area contributed by atoms with Crippen LogP contribution in [0.2, 0.25) is 10.0 Å². The Morgan fingerprint density at radius 3 is 2.44 bits per heavy atom. The Bertz CT molecular complexity index is 1090. The first kappa shape index (κ1) is 24.1. The zero-order chi connectivity index (χ0) is 23.1. The van der Waals surface area contributed by atoms with Crippen LogP contribution < -0.4 is 10.6 Å². The molecule has 2 aromatic carbocycles. The van der Waals surface area contributed by atoms with E-state index >= 15 is 0 Å². The summed E-state index contributed by atoms with van der Waals surface area (Å²) in [4.78, 5) is 23.8. The van der Waals surface area contributed by atoms with Crippen LogP contribution in [0.5, 0.6) is 0 Å². The minimum atomic E-state index is -0.164. The minimum absolute atomic E-state index is 0.0435. The van der Waals surface area contributed by atoms with Crippen molar-refractivity contribution in [3.05, 3.63) is 58.6 Å². The molecule has 3 aromatic rings. The molecule has 0 saturated carbocycles. The van der Waals surface area contributed by atoms with Gasteiger partial charge in [-0.1, -0.05) is 67.0 Å². The fourth-order valence-electron chi connectivity index (χ4n) is 2.79. The molecule has 1 heterocycles. The average Bonchev–Trinajstić information content (AvgIpc) is 3.19. The van der Waals surface area contributed by atoms with Gasteiger partial charge < -0.3 is 10.6 Å². The van der Waals surface area contributed by atoms with Crippen LogP contribution in [0, 0.1) is 5.92 Å². The number of aromatic nitrogens is 3. The summed E-state index contributed by atoms with van der Waals surface area (Å²) in [6.45, 7) is 4.37. The maximum absolute atomic E-state index is 12.3. The maximum atomic E-state index is 12.3. The molecule has 0 unspecified atom stereocenters. The van der Waals surface area contributed by atoms with Gasteiger partial charge in [-0.15, -0.1) is 10.2 Å². The summed E-state index contributed by atoms with van der Waals surface area (Å²) < 4.78 is 1.86. The second-order valence-electron chi connectivity index (χ2n) is 7.19. The van der Waals surface area contributed by atoms with E-state index in [1.165, 1.54) is 11.8 Å². The molecule has 0 radical (unpaired) electrons. The van der Waals surface area contributed by atoms with Crippen LogP contribution in [0.3, 0.4) is 0 Å². The summed E-state index contributed by atoms with van der Waals surface area (Å²) in [6.07, 6.45) is 0. The van der Waals surface area contributed by atoms with Crippen molar-refractivity contribution in [2.75, 3.05) is 18.8 Å². The van der Waals surface area contributed by atoms with Gasteiger partial charge in [0.1, 0.15) is 0 Å². The number of carbonyl (C=O) groups is 2. The third kappa shape index (κ3) is 6.25. The van der Waals surface area contributed by atoms with Crippen LogP contribution in [0.15, 0.2) is 53.7 Å². The summed E-state index contributed by atoms with van der Waals surface area (Å²) in [7, 11) is 0. The largest absolute Gasteiger partial charge is 0.354 e. The summed E-state index contributed by atoms with van der Waals surface area (Å²) in [5, 5.41) is 15.7. The zero-order valence-corrected chi connectivity index (χ0v) is 20.0. The lowest BCUT2D eigenvalue weighted by Crippen LogP contribution is -2.37. The highest BCUT2D eigenvalue weighted by molar-refractivity contribution is 7.99. The smallest absolute Gasteiger partial charge is 0.230 e. The number of carbonyl (C=O) groups excluding carboxylic acids is 2. The number of benzene rings is 2. The van der Waals surface area contributed by atoms with Gasteiger partial charge >= 0.3 is 0 Å². The van der Waals surface area contributed by atoms with E-state index in [1.807, 2.05) is 48.7 Å². The van der Waals surface area contributed by atoms with Crippen molar-refractivity contribution < 1.29 is 9.59 Å². The second kappa shape index (κ2) is 11.4. The molecule has 0 aliphatic carbocycles. The topological polar surface area (TPSA) is 88.9 Å². The van der Waals surface area contributed by atoms with Gasteiger partial charge in [-0.2, -0.15) is 0 Å². The van der Waals surface area contributed by atoms with E-state index in [2.05, 4.69) is 20.8 Å². The quantitative estimate of drug-likeness (QED) is 0.345. The number of para-hydroxylation sites is 1. The van der Waals surface area contributed by atoms with Crippen molar-refractivity contribution in [1.82, 2.24) is 25.4 Å². The molecule has 0 saturated heterocycles. The van der Waals surface area contributed by atoms with Gasteiger partial charge in [0, 0.05) is 35.3 Å². The Hall–Kier alpha value is -2.55. The van der Waals surface area contributed by atoms with E-state index in [1.54, 1.807) is 18.2 Å². The summed E-state index contributed by atoms with van der Waals surface area (Å²) >= 11 is 13.7. The van der Waals surface area contributed by atoms with Crippen molar-refractivity contribution in [3.8, 4) is 17.1 Å². The van der Waals surface area contributed by atoms with Crippen molar-refractivity contribution in [2.24, 2.45) is 5.92 Å². The molecule has 0 aliphatic rings. The first-order chi connectivity index (χ1) is 15.4. The van der Waals surface area contributed by atoms with Gasteiger partial charge in [-0.3, -0.25) is 14.2 Å². The van der Waals surface area contributed by atoms with Crippen LogP contribution in [0.1, 0.15) is 13.8 Å². The highest BCUT2D eigenvalue weighted by Gasteiger charge is 2.19. The van der Waals surface area contributed by atoms with Crippen LogP contribution in [0.25, 0.3) is 17.1 Å². The summed E-state index contributed by atoms with van der Waals surface area (Å²) in [5.74, 6) is 0.406. The van der Waals surface area contributed by atoms with Crippen molar-refractivity contribution >= 4 is 46.8 Å². The third-order valence-corrected chi connectivity index (χ3v) is 5.90. The molecular weight excluding hydrogens is 469 g/mol. The Morgan fingerprint density at radius 2 is 1.75 bits per heavy atom. The average molecular weight is 492 g/mol. The van der Waals surface area contributed by atoms with E-state index in [0.29, 0.717) is 39.7 Å². The molecule has 7 nitrogen and oxygen atoms in total. The molecule has 1 aromatic heterocycles. The predicted molar refractivity (Wildman–Crippen MR) is 128 cm³/mol. The lowest BCUT2D eigenvalue weighted by atomic mass is 10.2. The molecule has 0 spiro atoms. The first-order valence-corrected chi connectivity index (χ1v) is 11.7. The van der Waals surface area contributed by atoms with Gasteiger partial charge in [0.2, 0.25) is 11.8 Å². The SMILES string of the molecule is CC(C)C(=O)NCCNC(=O)CSc1nnc(-c2ccc(Cl)cc2Cl)n1-c1ccccc1. The Labute approximate surface area is 200 Å². The summed E-state index contributed by atoms with van der Waals surface area (Å²) in [5.41, 5.74) is 1.53. The maximum Gasteiger partial charge on any atom is 0.230 e. The van der Waals surface area contributed by atoms with E-state index < -0.39 is 0 Å². The molecule has 0 fully saturated rings. The standard InChI is InChI=1S/C22H23Cl2N5O2S/c1-14(2)21(31)26-11-10-25-19(30)13-32-22-28-27-20(17-9-8-15(23)12-18(17)24)29(22)16-6-4-3-5-7-16/h3-9,12,14H,10-11,13H2,1-2H3,(H,25,30)(H,26,31). The normalized spacial score (nSPS) is 10.9. The van der Waals surface area contributed by atoms with Gasteiger partial charge in [0.15, 0.2) is 11.0 Å². The third-order valence-electron chi connectivity index (χ3n) is 4.42. The zero-order valence-electron chi connectivity index (χ0n) is 17.6. The lowest BCUT2D eigenvalue weighted by molar-refractivity contribution is -0.124. The predicted octanol–water partition coefficient (Wildman–Crippen LogP) is 4.22. The molecule has 2 amide bonds. The number of nitrogens with zero attached hydrogens (tertiary/aromatic N) is 3. The molecule has 168 valence electrons. The Morgan fingerprint density at radius 1 is 1.03 bits per heavy atom. The second-order valence-corrected chi connectivity index (χ2v) is 8.97. The monoisotopic (exact) mass is 491 g/mol. The number of thioether (sulfide) groups is 1. The molecule has 2 N–H and O–H groups in total. The molecule has 10 heteroatoms. The molecule has 0 bridgehead atoms. The van der Waals surface area contributed by atoms with Crippen LogP contribution >= 0.6 is 35.0 Å². The number of nitrogens with one attached hydrogen (secondary N) is 2. The molecule has 32 heavy (non-hydrogen) atoms. The van der Waals surface area contributed by atoms with Crippen LogP contribution in [0.4, 0.5) is 0 Å². The summed E-state index contributed by atoms with van der Waals surface area (Å²) in [6, 6.07) is 14.8. The highest BCUT2D eigenvalue weighted by atomic mass is 35.5. The van der Waals surface area contributed by atoms with E-state index in [0.717, 1.165) is 5.69 Å². The van der Waals surface area contributed by atoms with Crippen LogP contribution in [-0.4, -0.2) is 45.4 Å². The number of hydrogen-bond acceptors (Lipinski definition) is 5. The van der Waals surface area contributed by atoms with Gasteiger partial charge in [-0.05, 0) is 30.3 Å². The fraction of sp³-hybridized carbons (Fsp3) is 0.273. The van der Waals surface area contributed by atoms with Crippen LogP contribution in [-0.2, 0) is 9.59 Å². The van der Waals surface area contributed by atoms with Gasteiger partial charge in [-0.25, -0.2) is 0 Å². The lowest BCUT2D eigenvalue weighted by Gasteiger charge is -2.11. The number of halogens is 2. The number of rotatable bonds is 9. The molecular formula is C22H23Cl2N5O2S. The van der Waals surface area contributed by atoms with Crippen molar-refractivity contribution in [3.63, 3.8) is 0 Å². The Balaban J connectivity index is 1.72. The fourth-order valence-corrected chi connectivity index (χ4v) is 4.07. The molecule has 3 rings (SSSR count). The number of hydrogen-bond donors (Lipinski definition) is 2. The van der Waals surface area contributed by atoms with E-state index in [4.69, 9.17) is 23.2 Å². The molecule has 0 aliphatic heterocycles. The van der Waals surface area contributed by atoms with Gasteiger partial charge in [0.05, 0.1) is 10.8 Å². The number of amides is 2. The van der Waals surface area contributed by atoms with E-state index in [9.17, 15) is 9.59 Å². The van der Waals surface area contributed by atoms with E-state index in [-0.39, 0.29) is 23.5 Å².